The Kier molecular flexibility index (Phi) is 2.55. The highest BCUT2D eigenvalue weighted by molar-refractivity contribution is 5.91. The second-order valence-corrected chi connectivity index (χ2v) is 4.11. The Balaban J connectivity index is 2.17. The predicted octanol–water partition coefficient (Wildman–Crippen LogP) is 4.51. The van der Waals surface area contributed by atoms with Crippen LogP contribution >= 0.6 is 0 Å². The van der Waals surface area contributed by atoms with E-state index in [9.17, 15) is 13.2 Å². The molecule has 0 radical (unpaired) electrons. The van der Waals surface area contributed by atoms with Gasteiger partial charge in [-0.3, -0.25) is 0 Å². The topological polar surface area (TPSA) is 26.0 Å². The van der Waals surface area contributed by atoms with Gasteiger partial charge in [0.25, 0.3) is 0 Å². The van der Waals surface area contributed by atoms with Gasteiger partial charge >= 0.3 is 6.18 Å². The van der Waals surface area contributed by atoms with Crippen molar-refractivity contribution in [3.8, 4) is 11.3 Å². The summed E-state index contributed by atoms with van der Waals surface area (Å²) in [5, 5.41) is 4.53. The average molecular weight is 263 g/mol. The fourth-order valence-electron chi connectivity index (χ4n) is 1.93. The summed E-state index contributed by atoms with van der Waals surface area (Å²) in [5.74, 6) is 0.349. The maximum atomic E-state index is 12.7. The smallest absolute Gasteiger partial charge is 0.355 e. The number of aromatic nitrogens is 1. The Morgan fingerprint density at radius 2 is 1.74 bits per heavy atom. The van der Waals surface area contributed by atoms with Gasteiger partial charge in [-0.2, -0.15) is 13.2 Å². The quantitative estimate of drug-likeness (QED) is 0.645. The summed E-state index contributed by atoms with van der Waals surface area (Å²) in [4.78, 5) is 0. The van der Waals surface area contributed by atoms with E-state index in [4.69, 9.17) is 4.52 Å². The van der Waals surface area contributed by atoms with Crippen LogP contribution in [0.2, 0.25) is 0 Å². The number of fused-ring (bicyclic) bond motifs is 1. The van der Waals surface area contributed by atoms with E-state index in [-0.39, 0.29) is 0 Å². The van der Waals surface area contributed by atoms with Gasteiger partial charge in [0.2, 0.25) is 0 Å². The second-order valence-electron chi connectivity index (χ2n) is 4.11. The van der Waals surface area contributed by atoms with Gasteiger partial charge < -0.3 is 4.52 Å². The maximum Gasteiger partial charge on any atom is 0.416 e. The van der Waals surface area contributed by atoms with Crippen LogP contribution < -0.4 is 0 Å². The Morgan fingerprint density at radius 1 is 0.947 bits per heavy atom. The van der Waals surface area contributed by atoms with Crippen molar-refractivity contribution in [1.29, 1.82) is 0 Å². The van der Waals surface area contributed by atoms with Gasteiger partial charge in [-0.05, 0) is 24.3 Å². The minimum atomic E-state index is -4.37. The Morgan fingerprint density at radius 3 is 2.53 bits per heavy atom. The molecule has 0 aliphatic heterocycles. The highest BCUT2D eigenvalue weighted by atomic mass is 19.4. The largest absolute Gasteiger partial charge is 0.416 e. The van der Waals surface area contributed by atoms with E-state index in [1.807, 2.05) is 0 Å². The van der Waals surface area contributed by atoms with Gasteiger partial charge in [0.15, 0.2) is 5.76 Å². The van der Waals surface area contributed by atoms with Crippen molar-refractivity contribution in [1.82, 2.24) is 5.16 Å². The molecule has 3 rings (SSSR count). The highest BCUT2D eigenvalue weighted by Gasteiger charge is 2.30. The molecule has 3 aromatic rings. The van der Waals surface area contributed by atoms with Gasteiger partial charge in [-0.1, -0.05) is 29.4 Å². The van der Waals surface area contributed by atoms with Crippen LogP contribution in [-0.4, -0.2) is 5.16 Å². The molecule has 0 bridgehead atoms. The SMILES string of the molecule is FC(F)(F)c1cccc(-c2onc3ccccc23)c1. The molecule has 0 spiro atoms. The predicted molar refractivity (Wildman–Crippen MR) is 64.4 cm³/mol. The molecule has 0 amide bonds. The Labute approximate surface area is 106 Å². The summed E-state index contributed by atoms with van der Waals surface area (Å²) in [7, 11) is 0. The fourth-order valence-corrected chi connectivity index (χ4v) is 1.93. The minimum absolute atomic E-state index is 0.349. The maximum absolute atomic E-state index is 12.7. The van der Waals surface area contributed by atoms with Gasteiger partial charge in [0.1, 0.15) is 5.52 Å². The summed E-state index contributed by atoms with van der Waals surface area (Å²) in [6.07, 6.45) is -4.37. The zero-order valence-corrected chi connectivity index (χ0v) is 9.61. The molecule has 0 N–H and O–H groups in total. The summed E-state index contributed by atoms with van der Waals surface area (Å²) < 4.78 is 43.2. The molecular weight excluding hydrogens is 255 g/mol. The molecule has 0 aliphatic rings. The van der Waals surface area contributed by atoms with Crippen molar-refractivity contribution in [3.63, 3.8) is 0 Å². The first-order valence-corrected chi connectivity index (χ1v) is 5.58. The fraction of sp³-hybridized carbons (Fsp3) is 0.0714. The lowest BCUT2D eigenvalue weighted by atomic mass is 10.1. The lowest BCUT2D eigenvalue weighted by Gasteiger charge is -2.07. The van der Waals surface area contributed by atoms with E-state index in [2.05, 4.69) is 5.16 Å². The van der Waals surface area contributed by atoms with Crippen molar-refractivity contribution >= 4 is 10.9 Å². The third kappa shape index (κ3) is 2.07. The van der Waals surface area contributed by atoms with Crippen molar-refractivity contribution in [3.05, 3.63) is 54.1 Å². The first kappa shape index (κ1) is 11.8. The summed E-state index contributed by atoms with van der Waals surface area (Å²) in [5.41, 5.74) is 0.281. The van der Waals surface area contributed by atoms with Crippen molar-refractivity contribution in [2.75, 3.05) is 0 Å². The summed E-state index contributed by atoms with van der Waals surface area (Å²) in [6, 6.07) is 12.1. The number of rotatable bonds is 1. The number of alkyl halides is 3. The zero-order chi connectivity index (χ0) is 13.5. The molecule has 1 aromatic heterocycles. The lowest BCUT2D eigenvalue weighted by molar-refractivity contribution is -0.137. The summed E-state index contributed by atoms with van der Waals surface area (Å²) >= 11 is 0. The average Bonchev–Trinajstić information content (AvgIpc) is 2.82. The van der Waals surface area contributed by atoms with E-state index in [0.29, 0.717) is 22.2 Å². The molecule has 2 nitrogen and oxygen atoms in total. The number of hydrogen-bond acceptors (Lipinski definition) is 2. The highest BCUT2D eigenvalue weighted by Crippen LogP contribution is 2.34. The molecule has 5 heteroatoms. The minimum Gasteiger partial charge on any atom is -0.355 e. The summed E-state index contributed by atoms with van der Waals surface area (Å²) in [6.45, 7) is 0. The van der Waals surface area contributed by atoms with Crippen molar-refractivity contribution < 1.29 is 17.7 Å². The molecule has 0 unspecified atom stereocenters. The Hall–Kier alpha value is -2.30. The van der Waals surface area contributed by atoms with Crippen LogP contribution in [0.4, 0.5) is 13.2 Å². The van der Waals surface area contributed by atoms with Gasteiger partial charge in [-0.15, -0.1) is 0 Å². The van der Waals surface area contributed by atoms with Gasteiger partial charge in [-0.25, -0.2) is 0 Å². The van der Waals surface area contributed by atoms with Crippen molar-refractivity contribution in [2.24, 2.45) is 0 Å². The van der Waals surface area contributed by atoms with E-state index in [1.165, 1.54) is 6.07 Å². The molecular formula is C14H8F3NO. The monoisotopic (exact) mass is 263 g/mol. The van der Waals surface area contributed by atoms with E-state index < -0.39 is 11.7 Å². The van der Waals surface area contributed by atoms with Gasteiger partial charge in [0.05, 0.1) is 5.56 Å². The third-order valence-corrected chi connectivity index (χ3v) is 2.84. The molecule has 2 aromatic carbocycles. The first-order chi connectivity index (χ1) is 9.05. The second kappa shape index (κ2) is 4.12. The van der Waals surface area contributed by atoms with E-state index in [0.717, 1.165) is 12.1 Å². The number of nitrogens with zero attached hydrogens (tertiary/aromatic N) is 1. The van der Waals surface area contributed by atoms with Crippen LogP contribution in [0, 0.1) is 0 Å². The molecule has 0 aliphatic carbocycles. The molecule has 0 atom stereocenters. The van der Waals surface area contributed by atoms with Crippen LogP contribution in [0.3, 0.4) is 0 Å². The molecule has 0 fully saturated rings. The number of hydrogen-bond donors (Lipinski definition) is 0. The normalized spacial score (nSPS) is 11.9. The van der Waals surface area contributed by atoms with Crippen LogP contribution in [0.15, 0.2) is 53.1 Å². The van der Waals surface area contributed by atoms with Crippen molar-refractivity contribution in [2.45, 2.75) is 6.18 Å². The van der Waals surface area contributed by atoms with Gasteiger partial charge in [0, 0.05) is 10.9 Å². The molecule has 19 heavy (non-hydrogen) atoms. The van der Waals surface area contributed by atoms with E-state index >= 15 is 0 Å². The molecule has 0 saturated carbocycles. The Bertz CT molecular complexity index is 731. The van der Waals surface area contributed by atoms with Crippen LogP contribution in [0.5, 0.6) is 0 Å². The molecule has 1 heterocycles. The number of halogens is 3. The van der Waals surface area contributed by atoms with E-state index in [1.54, 1.807) is 30.3 Å². The molecule has 96 valence electrons. The lowest BCUT2D eigenvalue weighted by Crippen LogP contribution is -2.04. The first-order valence-electron chi connectivity index (χ1n) is 5.58. The zero-order valence-electron chi connectivity index (χ0n) is 9.61. The molecule has 0 saturated heterocycles. The van der Waals surface area contributed by atoms with Crippen LogP contribution in [0.25, 0.3) is 22.2 Å². The standard InChI is InChI=1S/C14H8F3NO/c15-14(16,17)10-5-3-4-9(8-10)13-11-6-1-2-7-12(11)18-19-13/h1-8H. The van der Waals surface area contributed by atoms with Crippen LogP contribution in [-0.2, 0) is 6.18 Å². The number of benzene rings is 2. The third-order valence-electron chi connectivity index (χ3n) is 2.84. The van der Waals surface area contributed by atoms with Crippen LogP contribution in [0.1, 0.15) is 5.56 Å².